The number of nitrogens with zero attached hydrogens (tertiary/aromatic N) is 1. The van der Waals surface area contributed by atoms with Gasteiger partial charge in [0.2, 0.25) is 0 Å². The van der Waals surface area contributed by atoms with Crippen molar-refractivity contribution in [2.45, 2.75) is 69.8 Å². The quantitative estimate of drug-likeness (QED) is 0.347. The second-order valence-electron chi connectivity index (χ2n) is 11.2. The summed E-state index contributed by atoms with van der Waals surface area (Å²) in [5.74, 6) is 0.424. The van der Waals surface area contributed by atoms with Gasteiger partial charge >= 0.3 is 5.97 Å². The minimum atomic E-state index is -0.530. The lowest BCUT2D eigenvalue weighted by atomic mass is 9.74. The van der Waals surface area contributed by atoms with Crippen LogP contribution in [0.25, 0.3) is 0 Å². The van der Waals surface area contributed by atoms with Gasteiger partial charge in [0.25, 0.3) is 5.91 Å². The molecular weight excluding hydrogens is 436 g/mol. The van der Waals surface area contributed by atoms with E-state index in [2.05, 4.69) is 17.4 Å². The summed E-state index contributed by atoms with van der Waals surface area (Å²) in [7, 11) is 0. The van der Waals surface area contributed by atoms with Crippen LogP contribution in [0.15, 0.2) is 54.6 Å². The molecule has 1 amide bonds. The Morgan fingerprint density at radius 2 is 1.60 bits per heavy atom. The molecule has 2 bridgehead atoms. The summed E-state index contributed by atoms with van der Waals surface area (Å²) < 4.78 is 7.16. The van der Waals surface area contributed by atoms with Gasteiger partial charge in [-0.3, -0.25) is 9.59 Å². The van der Waals surface area contributed by atoms with Crippen molar-refractivity contribution in [2.75, 3.05) is 31.5 Å². The molecule has 186 valence electrons. The molecule has 4 fully saturated rings. The monoisotopic (exact) mass is 475 g/mol. The van der Waals surface area contributed by atoms with Crippen LogP contribution in [0.4, 0.5) is 5.69 Å². The van der Waals surface area contributed by atoms with Crippen LogP contribution in [0.5, 0.6) is 0 Å². The van der Waals surface area contributed by atoms with Gasteiger partial charge in [0.05, 0.1) is 18.5 Å². The highest BCUT2D eigenvalue weighted by Crippen LogP contribution is 2.42. The van der Waals surface area contributed by atoms with Gasteiger partial charge in [0.15, 0.2) is 12.6 Å². The van der Waals surface area contributed by atoms with Crippen LogP contribution in [0.2, 0.25) is 0 Å². The SMILES string of the molecule is Cc1ccc(NC(=O)C[N+]23CCC(CC2)C(OC(=O)C2(c4ccccc4)CCCCCC2)C3)cc1. The molecule has 0 aromatic heterocycles. The van der Waals surface area contributed by atoms with E-state index < -0.39 is 5.41 Å². The summed E-state index contributed by atoms with van der Waals surface area (Å²) >= 11 is 0. The first-order valence-electron chi connectivity index (χ1n) is 13.5. The average molecular weight is 476 g/mol. The first-order chi connectivity index (χ1) is 17.0. The van der Waals surface area contributed by atoms with Crippen LogP contribution in [-0.2, 0) is 19.7 Å². The molecule has 2 aromatic rings. The predicted molar refractivity (Wildman–Crippen MR) is 138 cm³/mol. The van der Waals surface area contributed by atoms with Crippen LogP contribution in [0, 0.1) is 12.8 Å². The Morgan fingerprint density at radius 3 is 2.26 bits per heavy atom. The molecule has 1 unspecified atom stereocenters. The van der Waals surface area contributed by atoms with Crippen molar-refractivity contribution in [3.05, 3.63) is 65.7 Å². The van der Waals surface area contributed by atoms with Gasteiger partial charge in [-0.1, -0.05) is 73.7 Å². The number of benzene rings is 2. The average Bonchev–Trinajstić information content (AvgIpc) is 3.14. The first kappa shape index (κ1) is 24.1. The number of carbonyl (C=O) groups excluding carboxylic acids is 2. The molecule has 3 aliphatic heterocycles. The maximum absolute atomic E-state index is 13.9. The molecule has 3 heterocycles. The fourth-order valence-electron chi connectivity index (χ4n) is 6.67. The number of esters is 1. The van der Waals surface area contributed by atoms with E-state index in [1.165, 1.54) is 18.4 Å². The Bertz CT molecular complexity index is 1020. The van der Waals surface area contributed by atoms with E-state index in [1.54, 1.807) is 0 Å². The molecule has 5 heteroatoms. The van der Waals surface area contributed by atoms with E-state index in [1.807, 2.05) is 49.4 Å². The molecule has 1 saturated carbocycles. The fourth-order valence-corrected chi connectivity index (χ4v) is 6.67. The van der Waals surface area contributed by atoms with Crippen molar-refractivity contribution in [1.82, 2.24) is 0 Å². The second-order valence-corrected chi connectivity index (χ2v) is 11.2. The minimum Gasteiger partial charge on any atom is -0.455 e. The fraction of sp³-hybridized carbons (Fsp3) is 0.533. The number of piperidine rings is 3. The standard InChI is InChI=1S/C30H38N2O3/c1-23-11-13-26(14-12-23)31-28(33)22-32-19-15-24(16-20-32)27(21-32)35-29(34)30(17-7-2-3-8-18-30)25-9-5-4-6-10-25/h4-6,9-14,24,27H,2-3,7-8,15-22H2,1H3/p+1. The number of ether oxygens (including phenoxy) is 1. The largest absolute Gasteiger partial charge is 0.455 e. The highest BCUT2D eigenvalue weighted by atomic mass is 16.5. The molecular formula is C30H39N2O3+. The number of hydrogen-bond donors (Lipinski definition) is 1. The minimum absolute atomic E-state index is 0.0355. The second kappa shape index (κ2) is 10.1. The van der Waals surface area contributed by atoms with Crippen molar-refractivity contribution >= 4 is 17.6 Å². The van der Waals surface area contributed by atoms with Crippen molar-refractivity contribution in [3.63, 3.8) is 0 Å². The number of quaternary nitrogens is 1. The van der Waals surface area contributed by atoms with E-state index in [9.17, 15) is 9.59 Å². The highest BCUT2D eigenvalue weighted by molar-refractivity contribution is 5.91. The summed E-state index contributed by atoms with van der Waals surface area (Å²) in [6.45, 7) is 5.22. The molecule has 35 heavy (non-hydrogen) atoms. The molecule has 6 rings (SSSR count). The third-order valence-electron chi connectivity index (χ3n) is 8.79. The molecule has 1 N–H and O–H groups in total. The molecule has 2 aromatic carbocycles. The maximum Gasteiger partial charge on any atom is 0.317 e. The Morgan fingerprint density at radius 1 is 0.943 bits per heavy atom. The van der Waals surface area contributed by atoms with E-state index >= 15 is 0 Å². The summed E-state index contributed by atoms with van der Waals surface area (Å²) in [5, 5.41) is 3.07. The lowest BCUT2D eigenvalue weighted by molar-refractivity contribution is -0.939. The van der Waals surface area contributed by atoms with Crippen molar-refractivity contribution in [2.24, 2.45) is 5.92 Å². The van der Waals surface area contributed by atoms with Gasteiger partial charge in [0.1, 0.15) is 6.54 Å². The van der Waals surface area contributed by atoms with E-state index in [-0.39, 0.29) is 18.0 Å². The van der Waals surface area contributed by atoms with Crippen LogP contribution in [-0.4, -0.2) is 48.6 Å². The Labute approximate surface area is 209 Å². The lowest BCUT2D eigenvalue weighted by Gasteiger charge is -2.52. The summed E-state index contributed by atoms with van der Waals surface area (Å²) in [4.78, 5) is 26.9. The van der Waals surface area contributed by atoms with E-state index in [0.29, 0.717) is 12.5 Å². The summed E-state index contributed by atoms with van der Waals surface area (Å²) in [5.41, 5.74) is 2.59. The molecule has 1 atom stereocenters. The summed E-state index contributed by atoms with van der Waals surface area (Å²) in [6.07, 6.45) is 8.18. The zero-order chi connectivity index (χ0) is 24.3. The highest BCUT2D eigenvalue weighted by Gasteiger charge is 2.51. The van der Waals surface area contributed by atoms with Gasteiger partial charge in [0, 0.05) is 24.4 Å². The molecule has 4 aliphatic rings. The number of nitrogens with one attached hydrogen (secondary N) is 1. The van der Waals surface area contributed by atoms with Crippen LogP contribution in [0.3, 0.4) is 0 Å². The van der Waals surface area contributed by atoms with Gasteiger partial charge < -0.3 is 14.5 Å². The number of anilines is 1. The van der Waals surface area contributed by atoms with Gasteiger partial charge in [-0.15, -0.1) is 0 Å². The lowest BCUT2D eigenvalue weighted by Crippen LogP contribution is -2.66. The summed E-state index contributed by atoms with van der Waals surface area (Å²) in [6, 6.07) is 18.2. The molecule has 3 saturated heterocycles. The van der Waals surface area contributed by atoms with Gasteiger partial charge in [-0.05, 0) is 37.5 Å². The van der Waals surface area contributed by atoms with Crippen molar-refractivity contribution < 1.29 is 18.8 Å². The molecule has 5 nitrogen and oxygen atoms in total. The molecule has 0 radical (unpaired) electrons. The number of amides is 1. The number of carbonyl (C=O) groups is 2. The number of hydrogen-bond acceptors (Lipinski definition) is 3. The van der Waals surface area contributed by atoms with Crippen LogP contribution in [0.1, 0.15) is 62.5 Å². The molecule has 1 aliphatic carbocycles. The topological polar surface area (TPSA) is 55.4 Å². The number of aryl methyl sites for hydroxylation is 1. The Kier molecular flexibility index (Phi) is 6.97. The van der Waals surface area contributed by atoms with Gasteiger partial charge in [-0.2, -0.15) is 0 Å². The van der Waals surface area contributed by atoms with Crippen molar-refractivity contribution in [3.8, 4) is 0 Å². The van der Waals surface area contributed by atoms with E-state index in [4.69, 9.17) is 4.74 Å². The number of rotatable bonds is 6. The van der Waals surface area contributed by atoms with Gasteiger partial charge in [-0.25, -0.2) is 0 Å². The Hall–Kier alpha value is -2.66. The van der Waals surface area contributed by atoms with E-state index in [0.717, 1.165) is 73.9 Å². The van der Waals surface area contributed by atoms with Crippen molar-refractivity contribution in [1.29, 1.82) is 0 Å². The smallest absolute Gasteiger partial charge is 0.317 e. The Balaban J connectivity index is 1.29. The maximum atomic E-state index is 13.9. The third-order valence-corrected chi connectivity index (χ3v) is 8.79. The zero-order valence-corrected chi connectivity index (χ0v) is 21.0. The predicted octanol–water partition coefficient (Wildman–Crippen LogP) is 5.38. The molecule has 0 spiro atoms. The number of fused-ring (bicyclic) bond motifs is 3. The first-order valence-corrected chi connectivity index (χ1v) is 13.5. The van der Waals surface area contributed by atoms with Crippen LogP contribution < -0.4 is 5.32 Å². The normalized spacial score (nSPS) is 27.6. The van der Waals surface area contributed by atoms with Crippen LogP contribution >= 0.6 is 0 Å². The zero-order valence-electron chi connectivity index (χ0n) is 21.0. The third kappa shape index (κ3) is 5.16.